The van der Waals surface area contributed by atoms with Gasteiger partial charge in [-0.1, -0.05) is 25.0 Å². The van der Waals surface area contributed by atoms with Crippen molar-refractivity contribution in [2.45, 2.75) is 76.4 Å². The number of hydrogen-bond donors (Lipinski definition) is 0. The third kappa shape index (κ3) is 6.74. The first-order valence-corrected chi connectivity index (χ1v) is 14.2. The van der Waals surface area contributed by atoms with Crippen molar-refractivity contribution < 1.29 is 14.2 Å². The first-order chi connectivity index (χ1) is 17.8. The van der Waals surface area contributed by atoms with Crippen molar-refractivity contribution in [3.63, 3.8) is 0 Å². The van der Waals surface area contributed by atoms with Crippen LogP contribution in [0.2, 0.25) is 0 Å². The van der Waals surface area contributed by atoms with E-state index in [0.717, 1.165) is 35.8 Å². The molecule has 2 atom stereocenters. The zero-order chi connectivity index (χ0) is 24.6. The molecule has 2 saturated heterocycles. The summed E-state index contributed by atoms with van der Waals surface area (Å²) in [5.41, 5.74) is 2.31. The molecule has 1 aliphatic carbocycles. The molecule has 36 heavy (non-hydrogen) atoms. The molecule has 3 aliphatic rings. The van der Waals surface area contributed by atoms with E-state index >= 15 is 0 Å². The lowest BCUT2D eigenvalue weighted by molar-refractivity contribution is 0.0261. The summed E-state index contributed by atoms with van der Waals surface area (Å²) in [5.74, 6) is 2.66. The number of ether oxygens (including phenoxy) is 3. The van der Waals surface area contributed by atoms with Gasteiger partial charge in [0.15, 0.2) is 0 Å². The topological polar surface area (TPSA) is 34.2 Å². The first kappa shape index (κ1) is 25.4. The van der Waals surface area contributed by atoms with Crippen molar-refractivity contribution in [3.05, 3.63) is 53.6 Å². The smallest absolute Gasteiger partial charge is 0.127 e. The molecule has 2 unspecified atom stereocenters. The average Bonchev–Trinajstić information content (AvgIpc) is 3.45. The molecule has 0 amide bonds. The Morgan fingerprint density at radius 2 is 1.61 bits per heavy atom. The number of likely N-dealkylation sites (tertiary alicyclic amines) is 2. The van der Waals surface area contributed by atoms with Crippen molar-refractivity contribution in [2.24, 2.45) is 0 Å². The van der Waals surface area contributed by atoms with Crippen LogP contribution in [0.4, 0.5) is 0 Å². The van der Waals surface area contributed by atoms with Crippen LogP contribution < -0.4 is 14.2 Å². The van der Waals surface area contributed by atoms with Crippen molar-refractivity contribution in [1.82, 2.24) is 9.80 Å². The van der Waals surface area contributed by atoms with Gasteiger partial charge in [0.05, 0.1) is 7.11 Å². The minimum atomic E-state index is 0.313. The molecule has 195 valence electrons. The number of piperidine rings is 1. The second-order valence-electron chi connectivity index (χ2n) is 10.7. The van der Waals surface area contributed by atoms with Gasteiger partial charge in [-0.2, -0.15) is 0 Å². The molecule has 0 N–H and O–H groups in total. The first-order valence-electron chi connectivity index (χ1n) is 14.2. The van der Waals surface area contributed by atoms with E-state index in [2.05, 4.69) is 40.1 Å². The van der Waals surface area contributed by atoms with E-state index in [0.29, 0.717) is 18.8 Å². The normalized spacial score (nSPS) is 23.5. The van der Waals surface area contributed by atoms with Crippen LogP contribution in [-0.4, -0.2) is 68.4 Å². The summed E-state index contributed by atoms with van der Waals surface area (Å²) < 4.78 is 18.3. The van der Waals surface area contributed by atoms with Gasteiger partial charge in [0.2, 0.25) is 0 Å². The van der Waals surface area contributed by atoms with Crippen LogP contribution in [0.1, 0.15) is 68.9 Å². The van der Waals surface area contributed by atoms with Gasteiger partial charge >= 0.3 is 0 Å². The van der Waals surface area contributed by atoms with E-state index in [4.69, 9.17) is 14.2 Å². The lowest BCUT2D eigenvalue weighted by Gasteiger charge is -2.41. The second kappa shape index (κ2) is 12.8. The van der Waals surface area contributed by atoms with Gasteiger partial charge in [-0.05, 0) is 101 Å². The molecule has 5 heteroatoms. The van der Waals surface area contributed by atoms with Gasteiger partial charge in [-0.15, -0.1) is 0 Å². The van der Waals surface area contributed by atoms with Gasteiger partial charge in [0.1, 0.15) is 30.0 Å². The molecule has 0 spiro atoms. The number of methoxy groups -OCH3 is 1. The molecule has 3 fully saturated rings. The summed E-state index contributed by atoms with van der Waals surface area (Å²) in [6, 6.07) is 16.6. The zero-order valence-electron chi connectivity index (χ0n) is 22.1. The molecule has 2 heterocycles. The van der Waals surface area contributed by atoms with Crippen LogP contribution in [0.25, 0.3) is 0 Å². The summed E-state index contributed by atoms with van der Waals surface area (Å²) in [6.07, 6.45) is 12.8. The van der Waals surface area contributed by atoms with Crippen LogP contribution in [0.15, 0.2) is 36.4 Å². The summed E-state index contributed by atoms with van der Waals surface area (Å²) in [7, 11) is 1.69. The van der Waals surface area contributed by atoms with Crippen molar-refractivity contribution in [2.75, 3.05) is 46.4 Å². The summed E-state index contributed by atoms with van der Waals surface area (Å²) >= 11 is 0. The Labute approximate surface area is 217 Å². The van der Waals surface area contributed by atoms with E-state index in [1.54, 1.807) is 7.11 Å². The van der Waals surface area contributed by atoms with Gasteiger partial charge in [0.25, 0.3) is 0 Å². The van der Waals surface area contributed by atoms with E-state index in [1.807, 2.05) is 12.1 Å². The molecule has 2 aromatic carbocycles. The molecule has 1 radical (unpaired) electrons. The van der Waals surface area contributed by atoms with E-state index in [9.17, 15) is 0 Å². The van der Waals surface area contributed by atoms with Crippen molar-refractivity contribution >= 4 is 0 Å². The monoisotopic (exact) mass is 491 g/mol. The molecule has 0 aromatic heterocycles. The van der Waals surface area contributed by atoms with Gasteiger partial charge in [0, 0.05) is 30.6 Å². The molecular weight excluding hydrogens is 448 g/mol. The SMILES string of the molecule is COc1c[c]c(Cc2ccc(OC3CCCCC3N3CCCCC3)cc2)c(OCCN2CCCC2)c1. The predicted molar refractivity (Wildman–Crippen MR) is 144 cm³/mol. The standard InChI is InChI=1S/C31H43N2O3/c1-34-28-16-13-26(31(24-28)35-22-21-32-17-7-8-18-32)23-25-11-14-27(15-12-25)36-30-10-4-3-9-29(30)33-19-5-2-6-20-33/h11-12,14-16,24,29-30H,2-10,17-23H2,1H3. The fraction of sp³-hybridized carbons (Fsp3) is 0.613. The Balaban J connectivity index is 1.20. The maximum atomic E-state index is 6.59. The Morgan fingerprint density at radius 3 is 2.39 bits per heavy atom. The minimum absolute atomic E-state index is 0.313. The molecule has 0 bridgehead atoms. The highest BCUT2D eigenvalue weighted by molar-refractivity contribution is 5.43. The van der Waals surface area contributed by atoms with Crippen LogP contribution >= 0.6 is 0 Å². The maximum Gasteiger partial charge on any atom is 0.127 e. The van der Waals surface area contributed by atoms with Crippen LogP contribution in [0.3, 0.4) is 0 Å². The average molecular weight is 492 g/mol. The number of rotatable bonds is 10. The third-order valence-electron chi connectivity index (χ3n) is 8.18. The zero-order valence-corrected chi connectivity index (χ0v) is 22.1. The molecule has 2 aromatic rings. The van der Waals surface area contributed by atoms with Crippen LogP contribution in [-0.2, 0) is 6.42 Å². The van der Waals surface area contributed by atoms with Gasteiger partial charge in [-0.25, -0.2) is 0 Å². The quantitative estimate of drug-likeness (QED) is 0.424. The van der Waals surface area contributed by atoms with Crippen LogP contribution in [0, 0.1) is 6.07 Å². The number of benzene rings is 2. The Morgan fingerprint density at radius 1 is 0.861 bits per heavy atom. The Hall–Kier alpha value is -2.24. The van der Waals surface area contributed by atoms with Gasteiger partial charge < -0.3 is 14.2 Å². The highest BCUT2D eigenvalue weighted by atomic mass is 16.5. The van der Waals surface area contributed by atoms with Crippen molar-refractivity contribution in [3.8, 4) is 17.2 Å². The lowest BCUT2D eigenvalue weighted by atomic mass is 9.90. The number of nitrogens with zero attached hydrogens (tertiary/aromatic N) is 2. The van der Waals surface area contributed by atoms with Gasteiger partial charge in [-0.3, -0.25) is 9.80 Å². The fourth-order valence-corrected chi connectivity index (χ4v) is 6.11. The molecule has 5 rings (SSSR count). The Kier molecular flexibility index (Phi) is 9.05. The third-order valence-corrected chi connectivity index (χ3v) is 8.18. The largest absolute Gasteiger partial charge is 0.497 e. The molecule has 1 saturated carbocycles. The van der Waals surface area contributed by atoms with Crippen LogP contribution in [0.5, 0.6) is 17.2 Å². The molecular formula is C31H43N2O3. The highest BCUT2D eigenvalue weighted by Crippen LogP contribution is 2.31. The van der Waals surface area contributed by atoms with Crippen molar-refractivity contribution in [1.29, 1.82) is 0 Å². The fourth-order valence-electron chi connectivity index (χ4n) is 6.11. The molecule has 5 nitrogen and oxygen atoms in total. The minimum Gasteiger partial charge on any atom is -0.497 e. The highest BCUT2D eigenvalue weighted by Gasteiger charge is 2.32. The lowest BCUT2D eigenvalue weighted by Crippen LogP contribution is -2.49. The second-order valence-corrected chi connectivity index (χ2v) is 10.7. The van der Waals surface area contributed by atoms with E-state index in [-0.39, 0.29) is 0 Å². The summed E-state index contributed by atoms with van der Waals surface area (Å²) in [4.78, 5) is 5.18. The maximum absolute atomic E-state index is 6.59. The summed E-state index contributed by atoms with van der Waals surface area (Å²) in [6.45, 7) is 6.53. The van der Waals surface area contributed by atoms with E-state index < -0.39 is 0 Å². The van der Waals surface area contributed by atoms with E-state index in [1.165, 1.54) is 89.5 Å². The Bertz CT molecular complexity index is 935. The summed E-state index contributed by atoms with van der Waals surface area (Å²) in [5, 5.41) is 0. The molecule has 2 aliphatic heterocycles. The predicted octanol–water partition coefficient (Wildman–Crippen LogP) is 5.74. The number of hydrogen-bond acceptors (Lipinski definition) is 5.